The Hall–Kier alpha value is -2.59. The van der Waals surface area contributed by atoms with Crippen LogP contribution in [0.4, 0.5) is 0 Å². The lowest BCUT2D eigenvalue weighted by atomic mass is 9.93. The van der Waals surface area contributed by atoms with E-state index in [1.807, 2.05) is 38.1 Å². The molecule has 0 unspecified atom stereocenters. The second-order valence-corrected chi connectivity index (χ2v) is 6.11. The first-order valence-electron chi connectivity index (χ1n) is 8.38. The Labute approximate surface area is 148 Å². The van der Waals surface area contributed by atoms with E-state index >= 15 is 0 Å². The number of rotatable bonds is 6. The van der Waals surface area contributed by atoms with Crippen molar-refractivity contribution in [2.75, 3.05) is 13.2 Å². The Balaban J connectivity index is 2.55. The Bertz CT molecular complexity index is 786. The highest BCUT2D eigenvalue weighted by Crippen LogP contribution is 2.31. The summed E-state index contributed by atoms with van der Waals surface area (Å²) in [5.74, 6) is -0.116. The molecule has 0 heterocycles. The minimum Gasteiger partial charge on any atom is -0.507 e. The van der Waals surface area contributed by atoms with Gasteiger partial charge in [-0.05, 0) is 85.3 Å². The van der Waals surface area contributed by atoms with Gasteiger partial charge in [-0.25, -0.2) is 4.79 Å². The summed E-state index contributed by atoms with van der Waals surface area (Å²) in [6.45, 7) is 10.2. The van der Waals surface area contributed by atoms with Crippen LogP contribution in [-0.4, -0.2) is 24.2 Å². The molecule has 0 bridgehead atoms. The van der Waals surface area contributed by atoms with Gasteiger partial charge in [0.1, 0.15) is 5.75 Å². The van der Waals surface area contributed by atoms with Gasteiger partial charge < -0.3 is 15.6 Å². The fraction of sp³-hybridized carbons (Fsp3) is 0.286. The predicted molar refractivity (Wildman–Crippen MR) is 101 cm³/mol. The van der Waals surface area contributed by atoms with Gasteiger partial charge in [0.15, 0.2) is 0 Å². The second-order valence-electron chi connectivity index (χ2n) is 6.11. The van der Waals surface area contributed by atoms with Crippen LogP contribution >= 0.6 is 0 Å². The van der Waals surface area contributed by atoms with E-state index in [2.05, 4.69) is 12.6 Å². The van der Waals surface area contributed by atoms with Crippen LogP contribution in [-0.2, 0) is 16.0 Å². The third-order valence-corrected chi connectivity index (χ3v) is 4.12. The molecule has 0 amide bonds. The van der Waals surface area contributed by atoms with E-state index in [1.165, 1.54) is 0 Å². The van der Waals surface area contributed by atoms with Gasteiger partial charge in [-0.15, -0.1) is 0 Å². The second kappa shape index (κ2) is 7.99. The molecule has 132 valence electrons. The third kappa shape index (κ3) is 4.28. The number of aromatic hydroxyl groups is 1. The highest BCUT2D eigenvalue weighted by molar-refractivity contribution is 6.15. The van der Waals surface area contributed by atoms with Crippen molar-refractivity contribution in [3.05, 3.63) is 59.2 Å². The molecule has 0 fully saturated rings. The molecule has 3 N–H and O–H groups in total. The van der Waals surface area contributed by atoms with E-state index in [0.717, 1.165) is 33.4 Å². The summed E-state index contributed by atoms with van der Waals surface area (Å²) >= 11 is 0. The standard InChI is InChI=1S/C21H25NO3/c1-5-25-21(24)15(4)17-10-16(6-7-22)11-19(12-17)18-8-13(2)20(23)14(3)9-18/h8-12,23H,4-7,22H2,1-3H3. The molecule has 4 nitrogen and oxygen atoms in total. The van der Waals surface area contributed by atoms with E-state index < -0.39 is 5.97 Å². The summed E-state index contributed by atoms with van der Waals surface area (Å²) in [5, 5.41) is 10.00. The molecule has 2 aromatic carbocycles. The maximum atomic E-state index is 12.0. The first-order chi connectivity index (χ1) is 11.9. The summed E-state index contributed by atoms with van der Waals surface area (Å²) in [6, 6.07) is 9.77. The number of carbonyl (C=O) groups is 1. The highest BCUT2D eigenvalue weighted by Gasteiger charge is 2.14. The number of hydrogen-bond acceptors (Lipinski definition) is 4. The molecule has 0 aliphatic rings. The van der Waals surface area contributed by atoms with Crippen LogP contribution in [0.3, 0.4) is 0 Å². The zero-order valence-electron chi connectivity index (χ0n) is 15.1. The van der Waals surface area contributed by atoms with E-state index in [0.29, 0.717) is 30.9 Å². The summed E-state index contributed by atoms with van der Waals surface area (Å²) in [6.07, 6.45) is 0.701. The van der Waals surface area contributed by atoms with Gasteiger partial charge in [-0.2, -0.15) is 0 Å². The molecule has 0 saturated carbocycles. The Morgan fingerprint density at radius 3 is 2.28 bits per heavy atom. The van der Waals surface area contributed by atoms with Crippen molar-refractivity contribution in [3.8, 4) is 16.9 Å². The highest BCUT2D eigenvalue weighted by atomic mass is 16.5. The molecule has 0 atom stereocenters. The normalized spacial score (nSPS) is 10.6. The number of aryl methyl sites for hydroxylation is 2. The van der Waals surface area contributed by atoms with Crippen molar-refractivity contribution in [2.45, 2.75) is 27.2 Å². The van der Waals surface area contributed by atoms with Crippen LogP contribution < -0.4 is 5.73 Å². The third-order valence-electron chi connectivity index (χ3n) is 4.12. The molecular formula is C21H25NO3. The molecule has 0 saturated heterocycles. The van der Waals surface area contributed by atoms with Gasteiger partial charge >= 0.3 is 5.97 Å². The Morgan fingerprint density at radius 2 is 1.72 bits per heavy atom. The molecule has 0 spiro atoms. The van der Waals surface area contributed by atoms with Crippen molar-refractivity contribution in [3.63, 3.8) is 0 Å². The van der Waals surface area contributed by atoms with Gasteiger partial charge in [-0.1, -0.05) is 18.7 Å². The Morgan fingerprint density at radius 1 is 1.12 bits per heavy atom. The summed E-state index contributed by atoms with van der Waals surface area (Å²) in [4.78, 5) is 12.0. The number of hydrogen-bond donors (Lipinski definition) is 2. The van der Waals surface area contributed by atoms with Crippen molar-refractivity contribution in [2.24, 2.45) is 5.73 Å². The fourth-order valence-electron chi connectivity index (χ4n) is 2.80. The number of esters is 1. The first-order valence-corrected chi connectivity index (χ1v) is 8.38. The van der Waals surface area contributed by atoms with Gasteiger partial charge in [0.05, 0.1) is 12.2 Å². The molecule has 0 aliphatic carbocycles. The molecule has 2 aromatic rings. The smallest absolute Gasteiger partial charge is 0.338 e. The van der Waals surface area contributed by atoms with Crippen molar-refractivity contribution >= 4 is 11.5 Å². The van der Waals surface area contributed by atoms with Crippen molar-refractivity contribution < 1.29 is 14.6 Å². The van der Waals surface area contributed by atoms with E-state index in [4.69, 9.17) is 10.5 Å². The number of phenolic OH excluding ortho intramolecular Hbond substituents is 1. The molecule has 2 rings (SSSR count). The lowest BCUT2D eigenvalue weighted by Crippen LogP contribution is -2.07. The number of ether oxygens (including phenoxy) is 1. The number of carbonyl (C=O) groups excluding carboxylic acids is 1. The molecule has 0 aliphatic heterocycles. The van der Waals surface area contributed by atoms with E-state index in [9.17, 15) is 9.90 Å². The van der Waals surface area contributed by atoms with Crippen molar-refractivity contribution in [1.29, 1.82) is 0 Å². The van der Waals surface area contributed by atoms with Crippen LogP contribution in [0.5, 0.6) is 5.75 Å². The van der Waals surface area contributed by atoms with Crippen LogP contribution in [0.15, 0.2) is 36.9 Å². The topological polar surface area (TPSA) is 72.5 Å². The maximum absolute atomic E-state index is 12.0. The minimum atomic E-state index is -0.420. The largest absolute Gasteiger partial charge is 0.507 e. The number of benzene rings is 2. The van der Waals surface area contributed by atoms with Crippen LogP contribution in [0, 0.1) is 13.8 Å². The van der Waals surface area contributed by atoms with Gasteiger partial charge in [-0.3, -0.25) is 0 Å². The van der Waals surface area contributed by atoms with E-state index in [1.54, 1.807) is 6.92 Å². The van der Waals surface area contributed by atoms with Gasteiger partial charge in [0.2, 0.25) is 0 Å². The van der Waals surface area contributed by atoms with Crippen LogP contribution in [0.25, 0.3) is 16.7 Å². The molecule has 25 heavy (non-hydrogen) atoms. The van der Waals surface area contributed by atoms with Crippen LogP contribution in [0.1, 0.15) is 29.2 Å². The number of phenols is 1. The van der Waals surface area contributed by atoms with Gasteiger partial charge in [0, 0.05) is 0 Å². The molecule has 0 radical (unpaired) electrons. The summed E-state index contributed by atoms with van der Waals surface area (Å²) in [7, 11) is 0. The van der Waals surface area contributed by atoms with Crippen LogP contribution in [0.2, 0.25) is 0 Å². The fourth-order valence-corrected chi connectivity index (χ4v) is 2.80. The minimum absolute atomic E-state index is 0.304. The number of nitrogens with two attached hydrogens (primary N) is 1. The van der Waals surface area contributed by atoms with Gasteiger partial charge in [0.25, 0.3) is 0 Å². The quantitative estimate of drug-likeness (QED) is 0.621. The zero-order chi connectivity index (χ0) is 18.6. The average Bonchev–Trinajstić information content (AvgIpc) is 2.58. The Kier molecular flexibility index (Phi) is 5.99. The predicted octanol–water partition coefficient (Wildman–Crippen LogP) is 3.75. The molecular weight excluding hydrogens is 314 g/mol. The SMILES string of the molecule is C=C(C(=O)OCC)c1cc(CCN)cc(-c2cc(C)c(O)c(C)c2)c1. The first kappa shape index (κ1) is 18.7. The lowest BCUT2D eigenvalue weighted by molar-refractivity contribution is -0.136. The molecule has 0 aromatic heterocycles. The average molecular weight is 339 g/mol. The maximum Gasteiger partial charge on any atom is 0.338 e. The van der Waals surface area contributed by atoms with Crippen molar-refractivity contribution in [1.82, 2.24) is 0 Å². The van der Waals surface area contributed by atoms with E-state index in [-0.39, 0.29) is 0 Å². The zero-order valence-corrected chi connectivity index (χ0v) is 15.1. The monoisotopic (exact) mass is 339 g/mol. The summed E-state index contributed by atoms with van der Waals surface area (Å²) in [5.41, 5.74) is 11.3. The lowest BCUT2D eigenvalue weighted by Gasteiger charge is -2.13. The summed E-state index contributed by atoms with van der Waals surface area (Å²) < 4.78 is 5.06. The molecule has 4 heteroatoms.